The average Bonchev–Trinajstić information content (AvgIpc) is 2.09. The van der Waals surface area contributed by atoms with Gasteiger partial charge in [-0.2, -0.15) is 0 Å². The van der Waals surface area contributed by atoms with Gasteiger partial charge in [0.15, 0.2) is 5.82 Å². The monoisotopic (exact) mass is 170 g/mol. The predicted molar refractivity (Wildman–Crippen MR) is 37.7 cm³/mol. The van der Waals surface area contributed by atoms with Gasteiger partial charge >= 0.3 is 5.97 Å². The number of nitrogens with zero attached hydrogens (tertiary/aromatic N) is 2. The van der Waals surface area contributed by atoms with Gasteiger partial charge in [0.1, 0.15) is 12.2 Å². The Bertz CT molecular complexity index is 273. The highest BCUT2D eigenvalue weighted by Gasteiger charge is 2.04. The van der Waals surface area contributed by atoms with E-state index in [0.29, 0.717) is 0 Å². The summed E-state index contributed by atoms with van der Waals surface area (Å²) in [6.45, 7) is 0. The summed E-state index contributed by atoms with van der Waals surface area (Å²) in [5.41, 5.74) is 0. The minimum absolute atomic E-state index is 0.0310. The molecular weight excluding hydrogens is 163 g/mol. The van der Waals surface area contributed by atoms with Crippen LogP contribution in [0.5, 0.6) is 0 Å². The lowest BCUT2D eigenvalue weighted by Gasteiger charge is -1.96. The fraction of sp³-hybridized carbons (Fsp3) is 0.286. The number of hydrogen-bond donors (Lipinski definition) is 0. The van der Waals surface area contributed by atoms with E-state index >= 15 is 0 Å². The molecule has 0 N–H and O–H groups in total. The van der Waals surface area contributed by atoms with Gasteiger partial charge in [0, 0.05) is 0 Å². The molecule has 64 valence electrons. The molecule has 0 aliphatic rings. The van der Waals surface area contributed by atoms with Crippen molar-refractivity contribution in [3.05, 3.63) is 24.0 Å². The van der Waals surface area contributed by atoms with E-state index in [0.717, 1.165) is 12.4 Å². The second-order valence-corrected chi connectivity index (χ2v) is 2.07. The average molecular weight is 170 g/mol. The maximum Gasteiger partial charge on any atom is 0.313 e. The molecule has 0 radical (unpaired) electrons. The van der Waals surface area contributed by atoms with E-state index in [2.05, 4.69) is 14.7 Å². The van der Waals surface area contributed by atoms with Crippen molar-refractivity contribution in [2.75, 3.05) is 7.11 Å². The van der Waals surface area contributed by atoms with Crippen LogP contribution in [-0.4, -0.2) is 23.0 Å². The van der Waals surface area contributed by atoms with Crippen LogP contribution in [0.25, 0.3) is 0 Å². The maximum absolute atomic E-state index is 12.3. The molecule has 0 spiro atoms. The largest absolute Gasteiger partial charge is 0.469 e. The zero-order chi connectivity index (χ0) is 8.97. The summed E-state index contributed by atoms with van der Waals surface area (Å²) in [6.07, 6.45) is 1.98. The Morgan fingerprint density at radius 3 is 2.67 bits per heavy atom. The van der Waals surface area contributed by atoms with Crippen LogP contribution in [0.1, 0.15) is 5.82 Å². The van der Waals surface area contributed by atoms with Gasteiger partial charge in [-0.15, -0.1) is 0 Å². The van der Waals surface area contributed by atoms with E-state index in [1.807, 2.05) is 0 Å². The molecule has 0 aromatic carbocycles. The van der Waals surface area contributed by atoms with E-state index in [1.54, 1.807) is 0 Å². The Labute approximate surface area is 68.4 Å². The maximum atomic E-state index is 12.3. The molecule has 0 saturated carbocycles. The summed E-state index contributed by atoms with van der Waals surface area (Å²) in [6, 6.07) is 0. The molecule has 1 rings (SSSR count). The third-order valence-electron chi connectivity index (χ3n) is 1.20. The van der Waals surface area contributed by atoms with Crippen molar-refractivity contribution >= 4 is 5.97 Å². The molecule has 0 fully saturated rings. The van der Waals surface area contributed by atoms with Gasteiger partial charge in [0.25, 0.3) is 0 Å². The number of aromatic nitrogens is 2. The van der Waals surface area contributed by atoms with Gasteiger partial charge < -0.3 is 4.74 Å². The zero-order valence-electron chi connectivity index (χ0n) is 6.45. The van der Waals surface area contributed by atoms with Crippen molar-refractivity contribution in [3.63, 3.8) is 0 Å². The standard InChI is InChI=1S/C7H7FN2O2/c1-12-7(11)2-6-9-3-5(8)4-10-6/h3-4H,2H2,1H3. The number of esters is 1. The van der Waals surface area contributed by atoms with Gasteiger partial charge in [-0.3, -0.25) is 4.79 Å². The first kappa shape index (κ1) is 8.58. The number of methoxy groups -OCH3 is 1. The van der Waals surface area contributed by atoms with Crippen molar-refractivity contribution in [1.82, 2.24) is 9.97 Å². The molecule has 0 aliphatic carbocycles. The lowest BCUT2D eigenvalue weighted by Crippen LogP contribution is -2.07. The Balaban J connectivity index is 2.64. The summed E-state index contributed by atoms with van der Waals surface area (Å²) >= 11 is 0. The van der Waals surface area contributed by atoms with E-state index in [1.165, 1.54) is 7.11 Å². The van der Waals surface area contributed by atoms with Crippen molar-refractivity contribution in [2.24, 2.45) is 0 Å². The fourth-order valence-electron chi connectivity index (χ4n) is 0.632. The minimum atomic E-state index is -0.524. The molecule has 4 nitrogen and oxygen atoms in total. The molecule has 12 heavy (non-hydrogen) atoms. The zero-order valence-corrected chi connectivity index (χ0v) is 6.45. The SMILES string of the molecule is COC(=O)Cc1ncc(F)cn1. The Morgan fingerprint density at radius 1 is 1.58 bits per heavy atom. The van der Waals surface area contributed by atoms with Gasteiger partial charge in [0.2, 0.25) is 0 Å². The number of ether oxygens (including phenoxy) is 1. The molecule has 0 atom stereocenters. The number of hydrogen-bond acceptors (Lipinski definition) is 4. The summed E-state index contributed by atoms with van der Waals surface area (Å²) in [4.78, 5) is 17.8. The van der Waals surface area contributed by atoms with E-state index in [4.69, 9.17) is 0 Å². The predicted octanol–water partition coefficient (Wildman–Crippen LogP) is 0.331. The van der Waals surface area contributed by atoms with E-state index < -0.39 is 11.8 Å². The minimum Gasteiger partial charge on any atom is -0.469 e. The molecular formula is C7H7FN2O2. The Hall–Kier alpha value is -1.52. The molecule has 0 bridgehead atoms. The van der Waals surface area contributed by atoms with Crippen molar-refractivity contribution in [2.45, 2.75) is 6.42 Å². The van der Waals surface area contributed by atoms with Gasteiger partial charge in [-0.1, -0.05) is 0 Å². The molecule has 1 aromatic heterocycles. The molecule has 1 aromatic rings. The Kier molecular flexibility index (Phi) is 2.68. The highest BCUT2D eigenvalue weighted by Crippen LogP contribution is 1.94. The van der Waals surface area contributed by atoms with Crippen LogP contribution in [0, 0.1) is 5.82 Å². The Morgan fingerprint density at radius 2 is 2.17 bits per heavy atom. The van der Waals surface area contributed by atoms with Crippen LogP contribution >= 0.6 is 0 Å². The fourth-order valence-corrected chi connectivity index (χ4v) is 0.632. The first-order chi connectivity index (χ1) is 5.72. The number of carbonyl (C=O) groups excluding carboxylic acids is 1. The summed E-state index contributed by atoms with van der Waals surface area (Å²) in [7, 11) is 1.27. The van der Waals surface area contributed by atoms with E-state index in [9.17, 15) is 9.18 Å². The lowest BCUT2D eigenvalue weighted by atomic mass is 10.4. The topological polar surface area (TPSA) is 52.1 Å². The molecule has 0 unspecified atom stereocenters. The quantitative estimate of drug-likeness (QED) is 0.600. The van der Waals surface area contributed by atoms with Crippen LogP contribution < -0.4 is 0 Å². The molecule has 0 saturated heterocycles. The van der Waals surface area contributed by atoms with Crippen molar-refractivity contribution in [3.8, 4) is 0 Å². The van der Waals surface area contributed by atoms with Crippen LogP contribution in [-0.2, 0) is 16.0 Å². The van der Waals surface area contributed by atoms with Gasteiger partial charge in [-0.25, -0.2) is 14.4 Å². The summed E-state index contributed by atoms with van der Waals surface area (Å²) in [5, 5.41) is 0. The first-order valence-corrected chi connectivity index (χ1v) is 3.25. The van der Waals surface area contributed by atoms with Crippen molar-refractivity contribution < 1.29 is 13.9 Å². The molecule has 0 aliphatic heterocycles. The lowest BCUT2D eigenvalue weighted by molar-refractivity contribution is -0.139. The molecule has 1 heterocycles. The normalized spacial score (nSPS) is 9.50. The summed E-state index contributed by atoms with van der Waals surface area (Å²) < 4.78 is 16.6. The number of carbonyl (C=O) groups is 1. The third kappa shape index (κ3) is 2.26. The number of rotatable bonds is 2. The van der Waals surface area contributed by atoms with Crippen LogP contribution in [0.3, 0.4) is 0 Å². The van der Waals surface area contributed by atoms with Crippen LogP contribution in [0.2, 0.25) is 0 Å². The van der Waals surface area contributed by atoms with E-state index in [-0.39, 0.29) is 12.2 Å². The van der Waals surface area contributed by atoms with Crippen LogP contribution in [0.15, 0.2) is 12.4 Å². The second kappa shape index (κ2) is 3.75. The number of halogens is 1. The smallest absolute Gasteiger partial charge is 0.313 e. The highest BCUT2D eigenvalue weighted by molar-refractivity contribution is 5.71. The molecule has 0 amide bonds. The summed E-state index contributed by atoms with van der Waals surface area (Å²) in [5.74, 6) is -0.714. The highest BCUT2D eigenvalue weighted by atomic mass is 19.1. The van der Waals surface area contributed by atoms with Crippen molar-refractivity contribution in [1.29, 1.82) is 0 Å². The second-order valence-electron chi connectivity index (χ2n) is 2.07. The van der Waals surface area contributed by atoms with Gasteiger partial charge in [0.05, 0.1) is 19.5 Å². The first-order valence-electron chi connectivity index (χ1n) is 3.25. The molecule has 5 heteroatoms. The third-order valence-corrected chi connectivity index (χ3v) is 1.20. The van der Waals surface area contributed by atoms with Gasteiger partial charge in [-0.05, 0) is 0 Å². The van der Waals surface area contributed by atoms with Crippen LogP contribution in [0.4, 0.5) is 4.39 Å².